The molecule has 0 aliphatic rings. The molecule has 0 bridgehead atoms. The molecule has 1 aromatic heterocycles. The van der Waals surface area contributed by atoms with E-state index in [-0.39, 0.29) is 6.61 Å². The third-order valence-electron chi connectivity index (χ3n) is 2.47. The van der Waals surface area contributed by atoms with Crippen molar-refractivity contribution in [1.82, 2.24) is 4.90 Å². The summed E-state index contributed by atoms with van der Waals surface area (Å²) in [5.41, 5.74) is 0. The second-order valence-corrected chi connectivity index (χ2v) is 4.90. The molecule has 0 spiro atoms. The second-order valence-electron chi connectivity index (χ2n) is 3.87. The van der Waals surface area contributed by atoms with Gasteiger partial charge in [0.1, 0.15) is 0 Å². The van der Waals surface area contributed by atoms with Crippen LogP contribution in [0.15, 0.2) is 17.5 Å². The molecule has 2 N–H and O–H groups in total. The molecule has 0 fully saturated rings. The molecule has 98 valence electrons. The van der Waals surface area contributed by atoms with Crippen molar-refractivity contribution in [2.45, 2.75) is 19.6 Å². The van der Waals surface area contributed by atoms with Gasteiger partial charge in [0.05, 0.1) is 25.9 Å². The van der Waals surface area contributed by atoms with Crippen molar-refractivity contribution in [2.75, 3.05) is 32.8 Å². The summed E-state index contributed by atoms with van der Waals surface area (Å²) in [6, 6.07) is 4.00. The first-order valence-electron chi connectivity index (χ1n) is 5.87. The summed E-state index contributed by atoms with van der Waals surface area (Å²) in [4.78, 5) is 3.17. The first kappa shape index (κ1) is 14.6. The standard InChI is InChI=1S/C12H21NO3S/c1-2-13(5-6-14)8-11(15)9-16-10-12-4-3-7-17-12/h3-4,7,11,14-15H,2,5-6,8-10H2,1H3. The summed E-state index contributed by atoms with van der Waals surface area (Å²) in [6.07, 6.45) is -0.499. The number of hydrogen-bond donors (Lipinski definition) is 2. The molecule has 0 saturated heterocycles. The third kappa shape index (κ3) is 6.14. The average molecular weight is 259 g/mol. The lowest BCUT2D eigenvalue weighted by Gasteiger charge is -2.22. The highest BCUT2D eigenvalue weighted by Gasteiger charge is 2.10. The Morgan fingerprint density at radius 3 is 2.94 bits per heavy atom. The van der Waals surface area contributed by atoms with E-state index in [4.69, 9.17) is 9.84 Å². The number of hydrogen-bond acceptors (Lipinski definition) is 5. The molecule has 1 atom stereocenters. The van der Waals surface area contributed by atoms with Gasteiger partial charge in [-0.25, -0.2) is 0 Å². The molecule has 0 radical (unpaired) electrons. The summed E-state index contributed by atoms with van der Waals surface area (Å²) >= 11 is 1.65. The Morgan fingerprint density at radius 2 is 2.35 bits per heavy atom. The van der Waals surface area contributed by atoms with E-state index in [0.717, 1.165) is 6.54 Å². The lowest BCUT2D eigenvalue weighted by molar-refractivity contribution is 0.00930. The minimum Gasteiger partial charge on any atom is -0.395 e. The topological polar surface area (TPSA) is 52.9 Å². The monoisotopic (exact) mass is 259 g/mol. The van der Waals surface area contributed by atoms with Gasteiger partial charge >= 0.3 is 0 Å². The van der Waals surface area contributed by atoms with Gasteiger partial charge in [0.25, 0.3) is 0 Å². The van der Waals surface area contributed by atoms with Crippen molar-refractivity contribution in [3.63, 3.8) is 0 Å². The fourth-order valence-electron chi connectivity index (χ4n) is 1.56. The van der Waals surface area contributed by atoms with Crippen LogP contribution in [0.3, 0.4) is 0 Å². The zero-order valence-corrected chi connectivity index (χ0v) is 11.0. The van der Waals surface area contributed by atoms with E-state index in [1.54, 1.807) is 11.3 Å². The molecular formula is C12H21NO3S. The number of aliphatic hydroxyl groups excluding tert-OH is 2. The van der Waals surface area contributed by atoms with E-state index >= 15 is 0 Å². The van der Waals surface area contributed by atoms with Crippen LogP contribution in [-0.2, 0) is 11.3 Å². The summed E-state index contributed by atoms with van der Waals surface area (Å²) in [7, 11) is 0. The Balaban J connectivity index is 2.13. The summed E-state index contributed by atoms with van der Waals surface area (Å²) in [5.74, 6) is 0. The maximum atomic E-state index is 9.76. The van der Waals surface area contributed by atoms with Crippen molar-refractivity contribution >= 4 is 11.3 Å². The number of likely N-dealkylation sites (N-methyl/N-ethyl adjacent to an activating group) is 1. The Kier molecular flexibility index (Phi) is 7.39. The molecule has 0 amide bonds. The molecule has 1 aromatic rings. The maximum absolute atomic E-state index is 9.76. The van der Waals surface area contributed by atoms with Crippen LogP contribution in [0.4, 0.5) is 0 Å². The maximum Gasteiger partial charge on any atom is 0.0900 e. The predicted molar refractivity (Wildman–Crippen MR) is 69.2 cm³/mol. The second kappa shape index (κ2) is 8.60. The number of ether oxygens (including phenoxy) is 1. The number of rotatable bonds is 9. The zero-order valence-electron chi connectivity index (χ0n) is 10.2. The Bertz CT molecular complexity index is 279. The fraction of sp³-hybridized carbons (Fsp3) is 0.667. The summed E-state index contributed by atoms with van der Waals surface area (Å²) in [6.45, 7) is 4.98. The average Bonchev–Trinajstić information content (AvgIpc) is 2.81. The number of aliphatic hydroxyl groups is 2. The first-order valence-corrected chi connectivity index (χ1v) is 6.75. The van der Waals surface area contributed by atoms with E-state index in [0.29, 0.717) is 26.3 Å². The third-order valence-corrected chi connectivity index (χ3v) is 3.32. The quantitative estimate of drug-likeness (QED) is 0.693. The Labute approximate surface area is 106 Å². The van der Waals surface area contributed by atoms with E-state index in [9.17, 15) is 5.11 Å². The van der Waals surface area contributed by atoms with Gasteiger partial charge in [-0.15, -0.1) is 11.3 Å². The minimum absolute atomic E-state index is 0.122. The van der Waals surface area contributed by atoms with Gasteiger partial charge in [-0.3, -0.25) is 4.90 Å². The molecular weight excluding hydrogens is 238 g/mol. The van der Waals surface area contributed by atoms with Gasteiger partial charge < -0.3 is 14.9 Å². The molecule has 0 saturated carbocycles. The van der Waals surface area contributed by atoms with Crippen LogP contribution in [0.2, 0.25) is 0 Å². The molecule has 0 aromatic carbocycles. The molecule has 0 aliphatic carbocycles. The predicted octanol–water partition coefficient (Wildman–Crippen LogP) is 0.940. The van der Waals surface area contributed by atoms with Gasteiger partial charge in [-0.05, 0) is 18.0 Å². The van der Waals surface area contributed by atoms with Crippen molar-refractivity contribution in [3.05, 3.63) is 22.4 Å². The fourth-order valence-corrected chi connectivity index (χ4v) is 2.20. The van der Waals surface area contributed by atoms with Crippen LogP contribution in [0.25, 0.3) is 0 Å². The normalized spacial score (nSPS) is 13.2. The Hall–Kier alpha value is -0.460. The summed E-state index contributed by atoms with van der Waals surface area (Å²) < 4.78 is 5.43. The van der Waals surface area contributed by atoms with Gasteiger partial charge in [0, 0.05) is 18.0 Å². The van der Waals surface area contributed by atoms with Crippen LogP contribution in [0.5, 0.6) is 0 Å². The highest BCUT2D eigenvalue weighted by atomic mass is 32.1. The zero-order chi connectivity index (χ0) is 12.5. The van der Waals surface area contributed by atoms with E-state index in [2.05, 4.69) is 0 Å². The smallest absolute Gasteiger partial charge is 0.0900 e. The van der Waals surface area contributed by atoms with Crippen LogP contribution >= 0.6 is 11.3 Å². The van der Waals surface area contributed by atoms with Crippen molar-refractivity contribution < 1.29 is 14.9 Å². The lowest BCUT2D eigenvalue weighted by atomic mass is 10.3. The SMILES string of the molecule is CCN(CCO)CC(O)COCc1cccs1. The molecule has 17 heavy (non-hydrogen) atoms. The molecule has 1 heterocycles. The van der Waals surface area contributed by atoms with Crippen LogP contribution in [0, 0.1) is 0 Å². The van der Waals surface area contributed by atoms with Crippen molar-refractivity contribution in [3.8, 4) is 0 Å². The van der Waals surface area contributed by atoms with Crippen molar-refractivity contribution in [1.29, 1.82) is 0 Å². The van der Waals surface area contributed by atoms with Gasteiger partial charge in [-0.1, -0.05) is 13.0 Å². The van der Waals surface area contributed by atoms with E-state index < -0.39 is 6.10 Å². The van der Waals surface area contributed by atoms with Gasteiger partial charge in [0.2, 0.25) is 0 Å². The summed E-state index contributed by atoms with van der Waals surface area (Å²) in [5, 5.41) is 20.6. The van der Waals surface area contributed by atoms with Crippen LogP contribution < -0.4 is 0 Å². The molecule has 5 heteroatoms. The number of thiophene rings is 1. The van der Waals surface area contributed by atoms with Gasteiger partial charge in [-0.2, -0.15) is 0 Å². The highest BCUT2D eigenvalue weighted by molar-refractivity contribution is 7.09. The Morgan fingerprint density at radius 1 is 1.53 bits per heavy atom. The molecule has 1 unspecified atom stereocenters. The first-order chi connectivity index (χ1) is 8.26. The molecule has 4 nitrogen and oxygen atoms in total. The molecule has 1 rings (SSSR count). The highest BCUT2D eigenvalue weighted by Crippen LogP contribution is 2.09. The molecule has 0 aliphatic heterocycles. The minimum atomic E-state index is -0.499. The van der Waals surface area contributed by atoms with Gasteiger partial charge in [0.15, 0.2) is 0 Å². The largest absolute Gasteiger partial charge is 0.395 e. The van der Waals surface area contributed by atoms with E-state index in [1.165, 1.54) is 4.88 Å². The number of nitrogens with zero attached hydrogens (tertiary/aromatic N) is 1. The van der Waals surface area contributed by atoms with Crippen molar-refractivity contribution in [2.24, 2.45) is 0 Å². The lowest BCUT2D eigenvalue weighted by Crippen LogP contribution is -2.36. The van der Waals surface area contributed by atoms with Crippen LogP contribution in [-0.4, -0.2) is 54.1 Å². The van der Waals surface area contributed by atoms with E-state index in [1.807, 2.05) is 29.3 Å². The van der Waals surface area contributed by atoms with Crippen LogP contribution in [0.1, 0.15) is 11.8 Å².